The maximum atomic E-state index is 3.82. The van der Waals surface area contributed by atoms with Gasteiger partial charge in [-0.1, -0.05) is 52.8 Å². The molecule has 1 saturated carbocycles. The fourth-order valence-corrected chi connectivity index (χ4v) is 3.41. The first-order valence-electron chi connectivity index (χ1n) is 8.24. The summed E-state index contributed by atoms with van der Waals surface area (Å²) in [7, 11) is 0. The zero-order chi connectivity index (χ0) is 14.8. The monoisotopic (exact) mass is 273 g/mol. The molecule has 1 heteroatoms. The zero-order valence-electron chi connectivity index (χ0n) is 13.9. The molecule has 1 aliphatic rings. The van der Waals surface area contributed by atoms with Crippen molar-refractivity contribution >= 4 is 5.69 Å². The molecule has 0 bridgehead atoms. The Hall–Kier alpha value is -0.980. The quantitative estimate of drug-likeness (QED) is 0.754. The van der Waals surface area contributed by atoms with Gasteiger partial charge in [0.1, 0.15) is 0 Å². The van der Waals surface area contributed by atoms with Gasteiger partial charge >= 0.3 is 0 Å². The molecular weight excluding hydrogens is 242 g/mol. The van der Waals surface area contributed by atoms with Crippen molar-refractivity contribution in [1.29, 1.82) is 0 Å². The number of anilines is 1. The Morgan fingerprint density at radius 3 is 2.15 bits per heavy atom. The van der Waals surface area contributed by atoms with Crippen LogP contribution in [0.2, 0.25) is 0 Å². The molecule has 0 aliphatic heterocycles. The lowest BCUT2D eigenvalue weighted by molar-refractivity contribution is 0.267. The molecule has 1 N–H and O–H groups in total. The first-order chi connectivity index (χ1) is 9.38. The van der Waals surface area contributed by atoms with Crippen LogP contribution in [-0.4, -0.2) is 6.04 Å². The Balaban J connectivity index is 2.02. The lowest BCUT2D eigenvalue weighted by atomic mass is 9.79. The summed E-state index contributed by atoms with van der Waals surface area (Å²) in [6.45, 7) is 11.6. The summed E-state index contributed by atoms with van der Waals surface area (Å²) in [5.41, 5.74) is 2.98. The van der Waals surface area contributed by atoms with Gasteiger partial charge in [-0.3, -0.25) is 0 Å². The van der Waals surface area contributed by atoms with Crippen LogP contribution >= 0.6 is 0 Å². The van der Waals surface area contributed by atoms with Crippen LogP contribution < -0.4 is 5.32 Å². The summed E-state index contributed by atoms with van der Waals surface area (Å²) in [6, 6.07) is 9.48. The van der Waals surface area contributed by atoms with Crippen molar-refractivity contribution in [2.45, 2.75) is 71.8 Å². The van der Waals surface area contributed by atoms with E-state index in [9.17, 15) is 0 Å². The number of para-hydroxylation sites is 1. The van der Waals surface area contributed by atoms with Crippen LogP contribution in [-0.2, 0) is 5.41 Å². The molecule has 1 aromatic carbocycles. The van der Waals surface area contributed by atoms with Crippen molar-refractivity contribution in [2.24, 2.45) is 11.8 Å². The Morgan fingerprint density at radius 1 is 1.00 bits per heavy atom. The van der Waals surface area contributed by atoms with Crippen LogP contribution in [0.4, 0.5) is 5.69 Å². The highest BCUT2D eigenvalue weighted by Gasteiger charge is 2.24. The van der Waals surface area contributed by atoms with Gasteiger partial charge in [-0.15, -0.1) is 0 Å². The molecule has 112 valence electrons. The summed E-state index contributed by atoms with van der Waals surface area (Å²) in [4.78, 5) is 0. The van der Waals surface area contributed by atoms with E-state index in [2.05, 4.69) is 64.2 Å². The van der Waals surface area contributed by atoms with Gasteiger partial charge in [0.25, 0.3) is 0 Å². The zero-order valence-corrected chi connectivity index (χ0v) is 13.9. The minimum absolute atomic E-state index is 0.207. The fourth-order valence-electron chi connectivity index (χ4n) is 3.41. The first kappa shape index (κ1) is 15.4. The van der Waals surface area contributed by atoms with E-state index in [-0.39, 0.29) is 5.41 Å². The largest absolute Gasteiger partial charge is 0.382 e. The SMILES string of the molecule is CC(C)C1CCC(Nc2ccccc2C(C)(C)C)CC1. The van der Waals surface area contributed by atoms with Crippen LogP contribution in [0.5, 0.6) is 0 Å². The van der Waals surface area contributed by atoms with Crippen LogP contribution in [0.15, 0.2) is 24.3 Å². The summed E-state index contributed by atoms with van der Waals surface area (Å²) < 4.78 is 0. The van der Waals surface area contributed by atoms with Crippen molar-refractivity contribution in [3.63, 3.8) is 0 Å². The molecule has 1 aliphatic carbocycles. The predicted octanol–water partition coefficient (Wildman–Crippen LogP) is 5.61. The van der Waals surface area contributed by atoms with Crippen molar-refractivity contribution < 1.29 is 0 Å². The van der Waals surface area contributed by atoms with Crippen molar-refractivity contribution in [2.75, 3.05) is 5.32 Å². The van der Waals surface area contributed by atoms with Crippen molar-refractivity contribution in [3.05, 3.63) is 29.8 Å². The molecule has 0 heterocycles. The molecule has 0 unspecified atom stereocenters. The van der Waals surface area contributed by atoms with Crippen LogP contribution in [0.25, 0.3) is 0 Å². The third-order valence-corrected chi connectivity index (χ3v) is 4.81. The number of nitrogens with one attached hydrogen (secondary N) is 1. The second kappa shape index (κ2) is 6.20. The molecule has 0 atom stereocenters. The smallest absolute Gasteiger partial charge is 0.0380 e. The minimum Gasteiger partial charge on any atom is -0.382 e. The summed E-state index contributed by atoms with van der Waals surface area (Å²) >= 11 is 0. The standard InChI is InChI=1S/C19H31N/c1-14(2)15-10-12-16(13-11-15)20-18-9-7-6-8-17(18)19(3,4)5/h6-9,14-16,20H,10-13H2,1-5H3. The lowest BCUT2D eigenvalue weighted by Crippen LogP contribution is -2.29. The van der Waals surface area contributed by atoms with Crippen molar-refractivity contribution in [3.8, 4) is 0 Å². The molecule has 1 fully saturated rings. The average Bonchev–Trinajstić information content (AvgIpc) is 2.38. The van der Waals surface area contributed by atoms with Gasteiger partial charge in [0.2, 0.25) is 0 Å². The summed E-state index contributed by atoms with van der Waals surface area (Å²) in [5.74, 6) is 1.78. The van der Waals surface area contributed by atoms with E-state index in [0.29, 0.717) is 6.04 Å². The van der Waals surface area contributed by atoms with Crippen LogP contribution in [0, 0.1) is 11.8 Å². The van der Waals surface area contributed by atoms with Gasteiger partial charge in [0.05, 0.1) is 0 Å². The summed E-state index contributed by atoms with van der Waals surface area (Å²) in [5, 5.41) is 3.82. The highest BCUT2D eigenvalue weighted by molar-refractivity contribution is 5.54. The van der Waals surface area contributed by atoms with E-state index >= 15 is 0 Å². The number of hydrogen-bond acceptors (Lipinski definition) is 1. The minimum atomic E-state index is 0.207. The second-order valence-electron chi connectivity index (χ2n) is 7.80. The van der Waals surface area contributed by atoms with E-state index in [4.69, 9.17) is 0 Å². The Labute approximate surface area is 125 Å². The highest BCUT2D eigenvalue weighted by Crippen LogP contribution is 2.34. The molecule has 1 aromatic rings. The molecule has 0 saturated heterocycles. The second-order valence-corrected chi connectivity index (χ2v) is 7.80. The molecular formula is C19H31N. The van der Waals surface area contributed by atoms with Gasteiger partial charge in [-0.2, -0.15) is 0 Å². The topological polar surface area (TPSA) is 12.0 Å². The molecule has 0 aromatic heterocycles. The Kier molecular flexibility index (Phi) is 4.78. The number of hydrogen-bond donors (Lipinski definition) is 1. The van der Waals surface area contributed by atoms with Crippen molar-refractivity contribution in [1.82, 2.24) is 0 Å². The normalized spacial score (nSPS) is 23.9. The fraction of sp³-hybridized carbons (Fsp3) is 0.684. The van der Waals surface area contributed by atoms with Gasteiger partial charge in [0, 0.05) is 11.7 Å². The molecule has 0 spiro atoms. The third kappa shape index (κ3) is 3.77. The lowest BCUT2D eigenvalue weighted by Gasteiger charge is -2.33. The van der Waals surface area contributed by atoms with Gasteiger partial charge in [-0.25, -0.2) is 0 Å². The van der Waals surface area contributed by atoms with E-state index < -0.39 is 0 Å². The highest BCUT2D eigenvalue weighted by atomic mass is 14.9. The first-order valence-corrected chi connectivity index (χ1v) is 8.24. The van der Waals surface area contributed by atoms with E-state index in [1.165, 1.54) is 36.9 Å². The third-order valence-electron chi connectivity index (χ3n) is 4.81. The van der Waals surface area contributed by atoms with Crippen LogP contribution in [0.3, 0.4) is 0 Å². The predicted molar refractivity (Wildman–Crippen MR) is 89.3 cm³/mol. The van der Waals surface area contributed by atoms with Gasteiger partial charge in [0.15, 0.2) is 0 Å². The Morgan fingerprint density at radius 2 is 1.60 bits per heavy atom. The van der Waals surface area contributed by atoms with E-state index in [1.54, 1.807) is 0 Å². The van der Waals surface area contributed by atoms with Gasteiger partial charge in [-0.05, 0) is 54.6 Å². The molecule has 0 radical (unpaired) electrons. The number of benzene rings is 1. The molecule has 2 rings (SSSR count). The number of rotatable bonds is 3. The molecule has 20 heavy (non-hydrogen) atoms. The molecule has 0 amide bonds. The maximum Gasteiger partial charge on any atom is 0.0380 e. The van der Waals surface area contributed by atoms with E-state index in [1.807, 2.05) is 0 Å². The van der Waals surface area contributed by atoms with Gasteiger partial charge < -0.3 is 5.32 Å². The summed E-state index contributed by atoms with van der Waals surface area (Å²) in [6.07, 6.45) is 5.41. The average molecular weight is 273 g/mol. The molecule has 1 nitrogen and oxygen atoms in total. The Bertz CT molecular complexity index is 420. The van der Waals surface area contributed by atoms with Crippen LogP contribution in [0.1, 0.15) is 65.9 Å². The maximum absolute atomic E-state index is 3.82. The van der Waals surface area contributed by atoms with E-state index in [0.717, 1.165) is 11.8 Å².